The minimum Gasteiger partial charge on any atom is -0.746 e. The van der Waals surface area contributed by atoms with E-state index in [0.717, 1.165) is 0 Å². The maximum Gasteiger partial charge on any atom is 0.407 e. The van der Waals surface area contributed by atoms with E-state index >= 15 is 0 Å². The van der Waals surface area contributed by atoms with Gasteiger partial charge in [-0.1, -0.05) is 13.8 Å². The number of nitrogens with one attached hydrogen (secondary N) is 3. The number of aliphatic hydroxyl groups is 1. The zero-order valence-corrected chi connectivity index (χ0v) is 22.5. The van der Waals surface area contributed by atoms with Crippen LogP contribution in [0.1, 0.15) is 47.0 Å². The van der Waals surface area contributed by atoms with Gasteiger partial charge in [0, 0.05) is 12.5 Å². The van der Waals surface area contributed by atoms with Crippen molar-refractivity contribution >= 4 is 28.0 Å². The summed E-state index contributed by atoms with van der Waals surface area (Å²) in [7, 11) is -5.22. The third kappa shape index (κ3) is 10.1. The fourth-order valence-electron chi connectivity index (χ4n) is 3.88. The van der Waals surface area contributed by atoms with Crippen LogP contribution in [0.3, 0.4) is 0 Å². The number of carbonyl (C=O) groups is 3. The van der Waals surface area contributed by atoms with Crippen molar-refractivity contribution in [3.63, 3.8) is 0 Å². The molecule has 1 saturated heterocycles. The number of alkyl carbamates (subject to hydrolysis) is 1. The second-order valence-electron chi connectivity index (χ2n) is 10.2. The van der Waals surface area contributed by atoms with Crippen molar-refractivity contribution in [1.29, 1.82) is 0 Å². The van der Waals surface area contributed by atoms with E-state index in [-0.39, 0.29) is 31.3 Å². The van der Waals surface area contributed by atoms with Crippen LogP contribution in [-0.2, 0) is 24.4 Å². The van der Waals surface area contributed by atoms with E-state index in [0.29, 0.717) is 18.7 Å². The predicted molar refractivity (Wildman–Crippen MR) is 132 cm³/mol. The van der Waals surface area contributed by atoms with E-state index in [2.05, 4.69) is 16.0 Å². The lowest BCUT2D eigenvalue weighted by Gasteiger charge is -2.30. The Balaban J connectivity index is 2.05. The number of ether oxygens (including phenoxy) is 2. The third-order valence-electron chi connectivity index (χ3n) is 5.74. The summed E-state index contributed by atoms with van der Waals surface area (Å²) in [5, 5.41) is 17.4. The summed E-state index contributed by atoms with van der Waals surface area (Å²) in [5.74, 6) is -2.13. The molecule has 4 atom stereocenters. The number of hydrogen-bond donors (Lipinski definition) is 4. The van der Waals surface area contributed by atoms with E-state index in [1.165, 1.54) is 24.3 Å². The van der Waals surface area contributed by atoms with Crippen LogP contribution < -0.4 is 20.7 Å². The van der Waals surface area contributed by atoms with Crippen molar-refractivity contribution in [2.75, 3.05) is 13.2 Å². The van der Waals surface area contributed by atoms with Crippen LogP contribution in [0, 0.1) is 17.7 Å². The molecular formula is C24H35FN3O9S-. The van der Waals surface area contributed by atoms with E-state index < -0.39 is 57.0 Å². The number of aliphatic hydroxyl groups excluding tert-OH is 1. The molecule has 214 valence electrons. The Bertz CT molecular complexity index is 1080. The molecule has 1 aliphatic rings. The molecule has 38 heavy (non-hydrogen) atoms. The van der Waals surface area contributed by atoms with Gasteiger partial charge < -0.3 is 35.1 Å². The van der Waals surface area contributed by atoms with Gasteiger partial charge in [0.2, 0.25) is 11.8 Å². The van der Waals surface area contributed by atoms with Crippen molar-refractivity contribution in [3.8, 4) is 5.75 Å². The molecule has 3 amide bonds. The predicted octanol–water partition coefficient (Wildman–Crippen LogP) is 0.999. The monoisotopic (exact) mass is 560 g/mol. The first-order valence-corrected chi connectivity index (χ1v) is 13.6. The Kier molecular flexibility index (Phi) is 10.9. The van der Waals surface area contributed by atoms with Gasteiger partial charge in [0.1, 0.15) is 39.9 Å². The number of halogens is 1. The zero-order valence-electron chi connectivity index (χ0n) is 21.7. The SMILES string of the molecule is CC(C)C[C@H](NC(=O)OCC(C)(C)Oc1ccc(F)cc1)C(=O)N[C@@H](C[C@@H]1CCNC1=O)C(O)S(=O)(=O)[O-]. The van der Waals surface area contributed by atoms with Crippen LogP contribution in [0.2, 0.25) is 0 Å². The van der Waals surface area contributed by atoms with Crippen LogP contribution in [-0.4, -0.2) is 72.3 Å². The maximum atomic E-state index is 13.1. The van der Waals surface area contributed by atoms with Crippen molar-refractivity contribution in [2.45, 2.75) is 70.1 Å². The van der Waals surface area contributed by atoms with Crippen molar-refractivity contribution in [2.24, 2.45) is 11.8 Å². The highest BCUT2D eigenvalue weighted by Gasteiger charge is 2.35. The van der Waals surface area contributed by atoms with Gasteiger partial charge in [0.25, 0.3) is 0 Å². The molecule has 0 spiro atoms. The zero-order chi connectivity index (χ0) is 28.7. The second kappa shape index (κ2) is 13.2. The maximum absolute atomic E-state index is 13.1. The molecule has 1 aromatic rings. The molecule has 0 aromatic heterocycles. The smallest absolute Gasteiger partial charge is 0.407 e. The first-order chi connectivity index (χ1) is 17.6. The number of amides is 3. The van der Waals surface area contributed by atoms with E-state index in [1.807, 2.05) is 0 Å². The lowest BCUT2D eigenvalue weighted by molar-refractivity contribution is -0.126. The molecule has 1 aliphatic heterocycles. The lowest BCUT2D eigenvalue weighted by Crippen LogP contribution is -2.55. The standard InChI is InChI=1S/C24H36FN3O9S/c1-14(2)11-18(28-23(32)36-13-24(3,4)37-17-7-5-16(25)6-8-17)21(30)27-19(22(31)38(33,34)35)12-15-9-10-26-20(15)29/h5-8,14-15,18-19,22,31H,9-13H2,1-4H3,(H,26,29)(H,27,30)(H,28,32)(H,33,34,35)/p-1/t15-,18-,19-,22?/m0/s1. The summed E-state index contributed by atoms with van der Waals surface area (Å²) in [5.41, 5.74) is -3.50. The minimum absolute atomic E-state index is 0.100. The Morgan fingerprint density at radius 3 is 2.39 bits per heavy atom. The Labute approximate surface area is 221 Å². The molecule has 1 heterocycles. The fraction of sp³-hybridized carbons (Fsp3) is 0.625. The highest BCUT2D eigenvalue weighted by molar-refractivity contribution is 7.86. The summed E-state index contributed by atoms with van der Waals surface area (Å²) >= 11 is 0. The third-order valence-corrected chi connectivity index (χ3v) is 6.66. The quantitative estimate of drug-likeness (QED) is 0.256. The molecule has 0 saturated carbocycles. The van der Waals surface area contributed by atoms with E-state index in [1.54, 1.807) is 27.7 Å². The molecule has 1 fully saturated rings. The van der Waals surface area contributed by atoms with E-state index in [9.17, 15) is 36.9 Å². The van der Waals surface area contributed by atoms with Gasteiger partial charge in [-0.05, 0) is 63.3 Å². The molecular weight excluding hydrogens is 525 g/mol. The van der Waals surface area contributed by atoms with Gasteiger partial charge in [-0.3, -0.25) is 9.59 Å². The first-order valence-electron chi connectivity index (χ1n) is 12.2. The highest BCUT2D eigenvalue weighted by atomic mass is 32.2. The molecule has 4 N–H and O–H groups in total. The molecule has 0 aliphatic carbocycles. The molecule has 1 unspecified atom stereocenters. The summed E-state index contributed by atoms with van der Waals surface area (Å²) in [6, 6.07) is 2.50. The number of rotatable bonds is 13. The van der Waals surface area contributed by atoms with Gasteiger partial charge >= 0.3 is 6.09 Å². The Hall–Kier alpha value is -2.97. The molecule has 0 bridgehead atoms. The van der Waals surface area contributed by atoms with Crippen molar-refractivity contribution in [1.82, 2.24) is 16.0 Å². The van der Waals surface area contributed by atoms with Gasteiger partial charge in [-0.2, -0.15) is 0 Å². The van der Waals surface area contributed by atoms with Crippen LogP contribution in [0.25, 0.3) is 0 Å². The van der Waals surface area contributed by atoms with Crippen LogP contribution in [0.15, 0.2) is 24.3 Å². The fourth-order valence-corrected chi connectivity index (χ4v) is 4.47. The largest absolute Gasteiger partial charge is 0.746 e. The van der Waals surface area contributed by atoms with Crippen LogP contribution >= 0.6 is 0 Å². The normalized spacial score (nSPS) is 18.3. The lowest BCUT2D eigenvalue weighted by atomic mass is 9.97. The molecule has 0 radical (unpaired) electrons. The molecule has 2 rings (SSSR count). The first kappa shape index (κ1) is 31.2. The second-order valence-corrected chi connectivity index (χ2v) is 11.7. The summed E-state index contributed by atoms with van der Waals surface area (Å²) < 4.78 is 58.5. The van der Waals surface area contributed by atoms with Crippen molar-refractivity contribution < 1.29 is 46.3 Å². The van der Waals surface area contributed by atoms with Crippen molar-refractivity contribution in [3.05, 3.63) is 30.1 Å². The molecule has 14 heteroatoms. The highest BCUT2D eigenvalue weighted by Crippen LogP contribution is 2.21. The number of benzene rings is 1. The van der Waals surface area contributed by atoms with Crippen LogP contribution in [0.5, 0.6) is 5.75 Å². The van der Waals surface area contributed by atoms with Gasteiger partial charge in [-0.25, -0.2) is 17.6 Å². The van der Waals surface area contributed by atoms with Gasteiger partial charge in [-0.15, -0.1) is 0 Å². The van der Waals surface area contributed by atoms with Gasteiger partial charge in [0.05, 0.1) is 6.04 Å². The number of carbonyl (C=O) groups excluding carboxylic acids is 3. The van der Waals surface area contributed by atoms with Crippen LogP contribution in [0.4, 0.5) is 9.18 Å². The summed E-state index contributed by atoms with van der Waals surface area (Å²) in [6.07, 6.45) is -0.793. The summed E-state index contributed by atoms with van der Waals surface area (Å²) in [6.45, 7) is 6.94. The molecule has 12 nitrogen and oxygen atoms in total. The summed E-state index contributed by atoms with van der Waals surface area (Å²) in [4.78, 5) is 37.5. The van der Waals surface area contributed by atoms with E-state index in [4.69, 9.17) is 9.47 Å². The average molecular weight is 561 g/mol. The van der Waals surface area contributed by atoms with Gasteiger partial charge in [0.15, 0.2) is 5.44 Å². The topological polar surface area (TPSA) is 183 Å². The average Bonchev–Trinajstić information content (AvgIpc) is 3.21. The molecule has 1 aromatic carbocycles. The minimum atomic E-state index is -5.22. The Morgan fingerprint density at radius 2 is 1.87 bits per heavy atom. The number of hydrogen-bond acceptors (Lipinski definition) is 9. The Morgan fingerprint density at radius 1 is 1.24 bits per heavy atom.